The first kappa shape index (κ1) is 12.2. The van der Waals surface area contributed by atoms with Crippen LogP contribution in [0.2, 0.25) is 0 Å². The highest BCUT2D eigenvalue weighted by molar-refractivity contribution is 6.05. The second-order valence-electron chi connectivity index (χ2n) is 3.05. The second-order valence-corrected chi connectivity index (χ2v) is 3.05. The van der Waals surface area contributed by atoms with Crippen molar-refractivity contribution in [2.24, 2.45) is 0 Å². The van der Waals surface area contributed by atoms with Crippen LogP contribution in [0.15, 0.2) is 24.3 Å². The summed E-state index contributed by atoms with van der Waals surface area (Å²) < 4.78 is 37.4. The number of hydrogen-bond acceptors (Lipinski definition) is 2. The van der Waals surface area contributed by atoms with Crippen LogP contribution < -0.4 is 5.32 Å². The predicted molar refractivity (Wildman–Crippen MR) is 49.6 cm³/mol. The average molecular weight is 231 g/mol. The molecule has 1 aromatic carbocycles. The summed E-state index contributed by atoms with van der Waals surface area (Å²) in [4.78, 5) is 21.9. The molecule has 1 N–H and O–H groups in total. The lowest BCUT2D eigenvalue weighted by Crippen LogP contribution is -2.29. The molecule has 0 saturated heterocycles. The van der Waals surface area contributed by atoms with Crippen molar-refractivity contribution >= 4 is 11.8 Å². The lowest BCUT2D eigenvalue weighted by Gasteiger charge is -2.11. The molecule has 0 radical (unpaired) electrons. The smallest absolute Gasteiger partial charge is 0.293 e. The minimum absolute atomic E-state index is 0.565. The molecule has 0 atom stereocenters. The average Bonchev–Trinajstić information content (AvgIpc) is 2.15. The summed E-state index contributed by atoms with van der Waals surface area (Å²) in [5.41, 5.74) is -1.63. The third-order valence-corrected chi connectivity index (χ3v) is 1.77. The largest absolute Gasteiger partial charge is 0.417 e. The number of rotatable bonds is 1. The Hall–Kier alpha value is -1.85. The van der Waals surface area contributed by atoms with Crippen molar-refractivity contribution in [2.75, 3.05) is 0 Å². The van der Waals surface area contributed by atoms with E-state index in [1.807, 2.05) is 0 Å². The van der Waals surface area contributed by atoms with Crippen LogP contribution in [0.4, 0.5) is 13.2 Å². The monoisotopic (exact) mass is 231 g/mol. The summed E-state index contributed by atoms with van der Waals surface area (Å²) in [7, 11) is 0. The molecule has 16 heavy (non-hydrogen) atoms. The molecule has 0 bridgehead atoms. The van der Waals surface area contributed by atoms with Crippen LogP contribution in [0.1, 0.15) is 22.8 Å². The summed E-state index contributed by atoms with van der Waals surface area (Å²) in [6, 6.07) is 4.27. The number of hydrogen-bond donors (Lipinski definition) is 1. The van der Waals surface area contributed by atoms with E-state index in [1.165, 1.54) is 12.1 Å². The van der Waals surface area contributed by atoms with Gasteiger partial charge in [0.2, 0.25) is 5.91 Å². The van der Waals surface area contributed by atoms with Gasteiger partial charge in [0, 0.05) is 6.92 Å². The molecule has 3 nitrogen and oxygen atoms in total. The summed E-state index contributed by atoms with van der Waals surface area (Å²) in [5, 5.41) is 1.79. The number of alkyl halides is 3. The first-order chi connectivity index (χ1) is 7.32. The van der Waals surface area contributed by atoms with Crippen molar-refractivity contribution in [3.05, 3.63) is 35.4 Å². The van der Waals surface area contributed by atoms with E-state index in [1.54, 1.807) is 5.32 Å². The van der Waals surface area contributed by atoms with Crippen LogP contribution in [-0.4, -0.2) is 11.8 Å². The van der Waals surface area contributed by atoms with Crippen LogP contribution in [0.25, 0.3) is 0 Å². The highest BCUT2D eigenvalue weighted by atomic mass is 19.4. The first-order valence-electron chi connectivity index (χ1n) is 4.30. The lowest BCUT2D eigenvalue weighted by atomic mass is 10.1. The number of carbonyl (C=O) groups is 2. The number of halogens is 3. The Morgan fingerprint density at radius 2 is 1.75 bits per heavy atom. The van der Waals surface area contributed by atoms with E-state index < -0.39 is 29.1 Å². The van der Waals surface area contributed by atoms with Crippen molar-refractivity contribution in [3.63, 3.8) is 0 Å². The maximum Gasteiger partial charge on any atom is 0.417 e. The first-order valence-corrected chi connectivity index (χ1v) is 4.30. The van der Waals surface area contributed by atoms with Crippen LogP contribution in [0, 0.1) is 0 Å². The van der Waals surface area contributed by atoms with Gasteiger partial charge in [0.15, 0.2) is 0 Å². The number of nitrogens with one attached hydrogen (secondary N) is 1. The number of carbonyl (C=O) groups excluding carboxylic acids is 2. The van der Waals surface area contributed by atoms with Crippen molar-refractivity contribution in [1.29, 1.82) is 0 Å². The standard InChI is InChI=1S/C10H8F3NO2/c1-6(15)14-9(16)7-4-2-3-5-8(7)10(11,12)13/h2-5H,1H3,(H,14,15,16). The van der Waals surface area contributed by atoms with Crippen molar-refractivity contribution in [3.8, 4) is 0 Å². The molecule has 0 aromatic heterocycles. The SMILES string of the molecule is CC(=O)NC(=O)c1ccccc1C(F)(F)F. The maximum atomic E-state index is 12.5. The molecule has 0 unspecified atom stereocenters. The van der Waals surface area contributed by atoms with E-state index in [-0.39, 0.29) is 0 Å². The molecule has 6 heteroatoms. The van der Waals surface area contributed by atoms with Gasteiger partial charge < -0.3 is 0 Å². The van der Waals surface area contributed by atoms with Gasteiger partial charge in [-0.1, -0.05) is 12.1 Å². The van der Waals surface area contributed by atoms with Gasteiger partial charge in [-0.2, -0.15) is 13.2 Å². The highest BCUT2D eigenvalue weighted by Gasteiger charge is 2.34. The second kappa shape index (κ2) is 4.34. The summed E-state index contributed by atoms with van der Waals surface area (Å²) in [6.07, 6.45) is -4.62. The van der Waals surface area contributed by atoms with E-state index in [4.69, 9.17) is 0 Å². The number of amides is 2. The normalized spacial score (nSPS) is 11.0. The van der Waals surface area contributed by atoms with E-state index in [0.29, 0.717) is 0 Å². The Labute approximate surface area is 89.3 Å². The molecule has 0 spiro atoms. The molecule has 0 aliphatic heterocycles. The minimum atomic E-state index is -4.62. The van der Waals surface area contributed by atoms with Gasteiger partial charge in [0.1, 0.15) is 0 Å². The molecule has 0 heterocycles. The zero-order chi connectivity index (χ0) is 12.3. The molecule has 0 saturated carbocycles. The Balaban J connectivity index is 3.14. The Morgan fingerprint density at radius 3 is 2.25 bits per heavy atom. The van der Waals surface area contributed by atoms with Gasteiger partial charge >= 0.3 is 6.18 Å². The van der Waals surface area contributed by atoms with Gasteiger partial charge in [0.25, 0.3) is 5.91 Å². The topological polar surface area (TPSA) is 46.2 Å². The third kappa shape index (κ3) is 2.82. The van der Waals surface area contributed by atoms with Crippen LogP contribution in [-0.2, 0) is 11.0 Å². The van der Waals surface area contributed by atoms with Gasteiger partial charge in [-0.25, -0.2) is 0 Å². The molecular formula is C10H8F3NO2. The summed E-state index contributed by atoms with van der Waals surface area (Å²) in [6.45, 7) is 1.05. The molecule has 0 fully saturated rings. The molecule has 2 amide bonds. The lowest BCUT2D eigenvalue weighted by molar-refractivity contribution is -0.138. The van der Waals surface area contributed by atoms with Gasteiger partial charge in [-0.05, 0) is 12.1 Å². The zero-order valence-electron chi connectivity index (χ0n) is 8.26. The Kier molecular flexibility index (Phi) is 3.31. The molecule has 1 rings (SSSR count). The number of imide groups is 1. The van der Waals surface area contributed by atoms with E-state index in [2.05, 4.69) is 0 Å². The van der Waals surface area contributed by atoms with Gasteiger partial charge in [-0.15, -0.1) is 0 Å². The minimum Gasteiger partial charge on any atom is -0.293 e. The Bertz CT molecular complexity index is 426. The van der Waals surface area contributed by atoms with E-state index in [0.717, 1.165) is 19.1 Å². The molecule has 0 aliphatic carbocycles. The van der Waals surface area contributed by atoms with Crippen LogP contribution in [0.5, 0.6) is 0 Å². The van der Waals surface area contributed by atoms with E-state index >= 15 is 0 Å². The molecular weight excluding hydrogens is 223 g/mol. The fourth-order valence-electron chi connectivity index (χ4n) is 1.16. The van der Waals surface area contributed by atoms with Crippen molar-refractivity contribution in [2.45, 2.75) is 13.1 Å². The summed E-state index contributed by atoms with van der Waals surface area (Å²) in [5.74, 6) is -1.76. The predicted octanol–water partition coefficient (Wildman–Crippen LogP) is 1.98. The quantitative estimate of drug-likeness (QED) is 0.803. The van der Waals surface area contributed by atoms with E-state index in [9.17, 15) is 22.8 Å². The highest BCUT2D eigenvalue weighted by Crippen LogP contribution is 2.31. The van der Waals surface area contributed by atoms with Gasteiger partial charge in [0.05, 0.1) is 11.1 Å². The third-order valence-electron chi connectivity index (χ3n) is 1.77. The van der Waals surface area contributed by atoms with Gasteiger partial charge in [-0.3, -0.25) is 14.9 Å². The fraction of sp³-hybridized carbons (Fsp3) is 0.200. The zero-order valence-corrected chi connectivity index (χ0v) is 8.26. The van der Waals surface area contributed by atoms with Crippen molar-refractivity contribution in [1.82, 2.24) is 5.32 Å². The Morgan fingerprint density at radius 1 is 1.19 bits per heavy atom. The summed E-state index contributed by atoms with van der Waals surface area (Å²) >= 11 is 0. The van der Waals surface area contributed by atoms with Crippen molar-refractivity contribution < 1.29 is 22.8 Å². The van der Waals surface area contributed by atoms with Crippen LogP contribution in [0.3, 0.4) is 0 Å². The van der Waals surface area contributed by atoms with Crippen LogP contribution >= 0.6 is 0 Å². The maximum absolute atomic E-state index is 12.5. The molecule has 1 aromatic rings. The number of benzene rings is 1. The molecule has 86 valence electrons. The fourth-order valence-corrected chi connectivity index (χ4v) is 1.16. The molecule has 0 aliphatic rings.